The Labute approximate surface area is 375 Å². The van der Waals surface area contributed by atoms with Gasteiger partial charge in [-0.05, 0) is 65.9 Å². The molecule has 6 aromatic rings. The lowest BCUT2D eigenvalue weighted by Crippen LogP contribution is -2.40. The number of phenolic OH excluding ortho intramolecular Hbond substituents is 1. The summed E-state index contributed by atoms with van der Waals surface area (Å²) in [7, 11) is 3.23. The molecule has 0 aliphatic carbocycles. The molecule has 0 unspecified atom stereocenters. The van der Waals surface area contributed by atoms with E-state index in [-0.39, 0.29) is 54.3 Å². The zero-order chi connectivity index (χ0) is 45.2. The van der Waals surface area contributed by atoms with Crippen LogP contribution in [0.25, 0.3) is 22.0 Å². The van der Waals surface area contributed by atoms with Gasteiger partial charge in [0.2, 0.25) is 17.4 Å². The number of hydrogen-bond donors (Lipinski definition) is 6. The van der Waals surface area contributed by atoms with E-state index in [4.69, 9.17) is 21.1 Å². The molecular formula is C49H51ClN6O8. The first-order valence-electron chi connectivity index (χ1n) is 21.1. The summed E-state index contributed by atoms with van der Waals surface area (Å²) in [6.07, 6.45) is -0.00133. The number of para-hydroxylation sites is 1. The van der Waals surface area contributed by atoms with Crippen LogP contribution in [0, 0.1) is 0 Å². The molecule has 0 bridgehead atoms. The molecular weight excluding hydrogens is 836 g/mol. The van der Waals surface area contributed by atoms with Gasteiger partial charge in [0.15, 0.2) is 0 Å². The van der Waals surface area contributed by atoms with Crippen molar-refractivity contribution in [3.05, 3.63) is 147 Å². The number of nitrogens with zero attached hydrogens (tertiary/aromatic N) is 2. The van der Waals surface area contributed by atoms with Gasteiger partial charge in [-0.25, -0.2) is 4.79 Å². The molecule has 6 N–H and O–H groups in total. The Hall–Kier alpha value is -6.71. The first-order valence-corrected chi connectivity index (χ1v) is 21.4. The fraction of sp³-hybridized carbons (Fsp3) is 0.265. The first-order chi connectivity index (χ1) is 30.9. The minimum atomic E-state index is -0.959. The van der Waals surface area contributed by atoms with Crippen molar-refractivity contribution in [1.29, 1.82) is 0 Å². The van der Waals surface area contributed by atoms with Crippen molar-refractivity contribution in [3.63, 3.8) is 0 Å². The highest BCUT2D eigenvalue weighted by molar-refractivity contribution is 6.33. The number of phenols is 1. The normalized spacial score (nSPS) is 13.6. The second-order valence-corrected chi connectivity index (χ2v) is 16.1. The molecule has 5 aromatic carbocycles. The van der Waals surface area contributed by atoms with Crippen molar-refractivity contribution in [3.8, 4) is 22.6 Å². The second-order valence-electron chi connectivity index (χ2n) is 15.7. The van der Waals surface area contributed by atoms with Crippen LogP contribution in [0.2, 0.25) is 5.02 Å². The molecule has 1 fully saturated rings. The van der Waals surface area contributed by atoms with Gasteiger partial charge in [-0.1, -0.05) is 78.3 Å². The van der Waals surface area contributed by atoms with Crippen LogP contribution in [0.5, 0.6) is 11.5 Å². The molecule has 1 aromatic heterocycles. The third-order valence-electron chi connectivity index (χ3n) is 11.3. The van der Waals surface area contributed by atoms with E-state index in [1.807, 2.05) is 78.9 Å². The van der Waals surface area contributed by atoms with Gasteiger partial charge >= 0.3 is 6.09 Å². The predicted octanol–water partition coefficient (Wildman–Crippen LogP) is 7.63. The summed E-state index contributed by atoms with van der Waals surface area (Å²) in [4.78, 5) is 57.6. The number of hydrogen-bond acceptors (Lipinski definition) is 10. The number of piperidine rings is 1. The topological polar surface area (TPSA) is 186 Å². The van der Waals surface area contributed by atoms with Crippen molar-refractivity contribution >= 4 is 57.5 Å². The molecule has 1 saturated heterocycles. The highest BCUT2D eigenvalue weighted by Gasteiger charge is 2.24. The van der Waals surface area contributed by atoms with E-state index in [2.05, 4.69) is 25.8 Å². The number of fused-ring (bicyclic) bond motifs is 1. The van der Waals surface area contributed by atoms with Crippen LogP contribution in [-0.2, 0) is 27.3 Å². The number of carbonyl (C=O) groups excluding carboxylic acids is 3. The maximum atomic E-state index is 13.3. The number of nitrogens with one attached hydrogen (secondary N) is 4. The van der Waals surface area contributed by atoms with E-state index in [0.29, 0.717) is 88.8 Å². The average Bonchev–Trinajstić information content (AvgIpc) is 3.30. The van der Waals surface area contributed by atoms with Gasteiger partial charge in [0.25, 0.3) is 0 Å². The first kappa shape index (κ1) is 45.3. The molecule has 2 heterocycles. The zero-order valence-corrected chi connectivity index (χ0v) is 36.4. The van der Waals surface area contributed by atoms with Gasteiger partial charge in [-0.2, -0.15) is 0 Å². The maximum Gasteiger partial charge on any atom is 0.411 e. The molecule has 7 rings (SSSR count). The summed E-state index contributed by atoms with van der Waals surface area (Å²) in [6.45, 7) is 2.38. The Morgan fingerprint density at radius 3 is 2.45 bits per heavy atom. The van der Waals surface area contributed by atoms with Gasteiger partial charge in [0.1, 0.15) is 17.6 Å². The van der Waals surface area contributed by atoms with Gasteiger partial charge in [0.05, 0.1) is 41.5 Å². The lowest BCUT2D eigenvalue weighted by atomic mass is 10.0. The summed E-state index contributed by atoms with van der Waals surface area (Å²) in [6, 6.07) is 34.0. The van der Waals surface area contributed by atoms with Crippen molar-refractivity contribution in [2.75, 3.05) is 55.9 Å². The van der Waals surface area contributed by atoms with Crippen molar-refractivity contribution in [2.45, 2.75) is 44.4 Å². The highest BCUT2D eigenvalue weighted by Crippen LogP contribution is 2.33. The molecule has 0 radical (unpaired) electrons. The van der Waals surface area contributed by atoms with Crippen molar-refractivity contribution < 1.29 is 34.1 Å². The number of anilines is 3. The fourth-order valence-electron chi connectivity index (χ4n) is 7.84. The SMILES string of the molecule is COc1cc(NC(=O)Cc2cccc(N(C)C(=O)CCN3CCC(OC(=O)Nc4ccccc4-c4ccccc4)CC3)c2)c(Cl)cc1CNC[C@H](O)c1ccc(O)c2[nH]c(=O)ccc12. The van der Waals surface area contributed by atoms with E-state index >= 15 is 0 Å². The molecule has 14 nitrogen and oxygen atoms in total. The van der Waals surface area contributed by atoms with E-state index in [0.717, 1.165) is 11.1 Å². The molecule has 1 atom stereocenters. The summed E-state index contributed by atoms with van der Waals surface area (Å²) in [5.41, 5.74) is 5.45. The molecule has 332 valence electrons. The summed E-state index contributed by atoms with van der Waals surface area (Å²) < 4.78 is 11.4. The third-order valence-corrected chi connectivity index (χ3v) is 11.6. The predicted molar refractivity (Wildman–Crippen MR) is 249 cm³/mol. The number of aliphatic hydroxyl groups is 1. The molecule has 64 heavy (non-hydrogen) atoms. The van der Waals surface area contributed by atoms with Crippen molar-refractivity contribution in [1.82, 2.24) is 15.2 Å². The molecule has 1 aliphatic heterocycles. The van der Waals surface area contributed by atoms with Crippen LogP contribution < -0.4 is 31.1 Å². The number of aliphatic hydroxyl groups excluding tert-OH is 1. The number of carbonyl (C=O) groups is 3. The number of halogens is 1. The van der Waals surface area contributed by atoms with Crippen molar-refractivity contribution in [2.24, 2.45) is 0 Å². The van der Waals surface area contributed by atoms with Crippen LogP contribution in [0.15, 0.2) is 120 Å². The number of methoxy groups -OCH3 is 1. The molecule has 0 spiro atoms. The quantitative estimate of drug-likeness (QED) is 0.0565. The molecule has 3 amide bonds. The molecule has 15 heteroatoms. The van der Waals surface area contributed by atoms with E-state index in [1.54, 1.807) is 36.2 Å². The largest absolute Gasteiger partial charge is 0.506 e. The Balaban J connectivity index is 0.851. The summed E-state index contributed by atoms with van der Waals surface area (Å²) in [5, 5.41) is 30.9. The summed E-state index contributed by atoms with van der Waals surface area (Å²) in [5.74, 6) is 0.00348. The van der Waals surface area contributed by atoms with Crippen LogP contribution in [0.4, 0.5) is 21.9 Å². The van der Waals surface area contributed by atoms with E-state index in [9.17, 15) is 29.4 Å². The standard InChI is InChI=1S/C49H51ClN6O8/c1-55(47(61)21-24-56-22-19-35(20-23-56)64-49(62)53-40-14-7-6-13-36(40)32-10-4-3-5-11-32)34-12-8-9-31(25-34)26-46(60)52-41-28-44(63-2)33(27-39(41)50)29-51-30-43(58)37-15-17-42(57)48-38(37)16-18-45(59)54-48/h3-18,25,27-28,35,43,51,57-58H,19-24,26,29-30H2,1-2H3,(H,52,60)(H,53,62)(H,54,59)/t43-/m0/s1. The third kappa shape index (κ3) is 11.5. The Kier molecular flexibility index (Phi) is 14.9. The monoisotopic (exact) mass is 886 g/mol. The minimum absolute atomic E-state index is 0.0319. The number of benzene rings is 5. The molecule has 1 aliphatic rings. The Bertz CT molecular complexity index is 2670. The average molecular weight is 887 g/mol. The number of aromatic nitrogens is 1. The summed E-state index contributed by atoms with van der Waals surface area (Å²) >= 11 is 6.63. The van der Waals surface area contributed by atoms with E-state index < -0.39 is 12.2 Å². The van der Waals surface area contributed by atoms with Crippen LogP contribution in [-0.4, -0.2) is 84.4 Å². The number of amides is 3. The number of aromatic hydroxyl groups is 1. The lowest BCUT2D eigenvalue weighted by molar-refractivity contribution is -0.118. The van der Waals surface area contributed by atoms with Gasteiger partial charge < -0.3 is 45.1 Å². The number of H-pyrrole nitrogens is 1. The molecule has 0 saturated carbocycles. The number of rotatable bonds is 16. The number of pyridine rings is 1. The zero-order valence-electron chi connectivity index (χ0n) is 35.6. The highest BCUT2D eigenvalue weighted by atomic mass is 35.5. The van der Waals surface area contributed by atoms with Crippen LogP contribution in [0.3, 0.4) is 0 Å². The number of aromatic amines is 1. The lowest BCUT2D eigenvalue weighted by Gasteiger charge is -2.31. The minimum Gasteiger partial charge on any atom is -0.506 e. The van der Waals surface area contributed by atoms with Crippen LogP contribution in [0.1, 0.15) is 42.1 Å². The van der Waals surface area contributed by atoms with Gasteiger partial charge in [-0.3, -0.25) is 19.7 Å². The fourth-order valence-corrected chi connectivity index (χ4v) is 8.08. The Morgan fingerprint density at radius 1 is 0.906 bits per heavy atom. The van der Waals surface area contributed by atoms with E-state index in [1.165, 1.54) is 19.2 Å². The van der Waals surface area contributed by atoms with Gasteiger partial charge in [-0.15, -0.1) is 0 Å². The number of likely N-dealkylation sites (tertiary alicyclic amines) is 1. The second kappa shape index (κ2) is 21.1. The number of ether oxygens (including phenoxy) is 2. The maximum absolute atomic E-state index is 13.3. The van der Waals surface area contributed by atoms with Gasteiger partial charge in [0, 0.05) is 80.5 Å². The Morgan fingerprint density at radius 2 is 1.67 bits per heavy atom. The smallest absolute Gasteiger partial charge is 0.411 e. The van der Waals surface area contributed by atoms with Crippen LogP contribution >= 0.6 is 11.6 Å².